The first-order chi connectivity index (χ1) is 11.0. The zero-order valence-electron chi connectivity index (χ0n) is 13.0. The Morgan fingerprint density at radius 1 is 1.22 bits per heavy atom. The summed E-state index contributed by atoms with van der Waals surface area (Å²) in [6.45, 7) is 3.87. The first-order valence-electron chi connectivity index (χ1n) is 7.57. The fourth-order valence-corrected chi connectivity index (χ4v) is 2.95. The van der Waals surface area contributed by atoms with Crippen LogP contribution in [0.25, 0.3) is 0 Å². The topological polar surface area (TPSA) is 77.1 Å². The monoisotopic (exact) mass is 335 g/mol. The van der Waals surface area contributed by atoms with E-state index >= 15 is 0 Å². The molecule has 0 saturated carbocycles. The van der Waals surface area contributed by atoms with Crippen LogP contribution >= 0.6 is 11.6 Å². The number of carbonyl (C=O) groups is 1. The molecular formula is C16H18ClN3O3. The number of nitrogens with zero attached hydrogens (tertiary/aromatic N) is 2. The van der Waals surface area contributed by atoms with Crippen molar-refractivity contribution in [2.45, 2.75) is 44.5 Å². The van der Waals surface area contributed by atoms with E-state index in [0.29, 0.717) is 29.3 Å². The molecule has 0 bridgehead atoms. The molecule has 7 heteroatoms. The van der Waals surface area contributed by atoms with Gasteiger partial charge in [-0.15, -0.1) is 0 Å². The fraction of sp³-hybridized carbons (Fsp3) is 0.438. The molecule has 2 aromatic rings. The molecule has 1 aliphatic heterocycles. The van der Waals surface area contributed by atoms with E-state index in [-0.39, 0.29) is 6.42 Å². The third-order valence-corrected chi connectivity index (χ3v) is 4.49. The lowest BCUT2D eigenvalue weighted by molar-refractivity contribution is -0.194. The number of rotatable bonds is 5. The highest BCUT2D eigenvalue weighted by Gasteiger charge is 2.58. The number of hydrogen-bond donors (Lipinski definition) is 1. The summed E-state index contributed by atoms with van der Waals surface area (Å²) in [7, 11) is 0. The Balaban J connectivity index is 2.07. The Kier molecular flexibility index (Phi) is 4.12. The van der Waals surface area contributed by atoms with Gasteiger partial charge >= 0.3 is 5.97 Å². The van der Waals surface area contributed by atoms with Crippen molar-refractivity contribution in [1.29, 1.82) is 0 Å². The highest BCUT2D eigenvalue weighted by Crippen LogP contribution is 2.45. The summed E-state index contributed by atoms with van der Waals surface area (Å²) in [5.74, 6) is -0.781. The van der Waals surface area contributed by atoms with Gasteiger partial charge in [0.1, 0.15) is 12.2 Å². The summed E-state index contributed by atoms with van der Waals surface area (Å²) < 4.78 is 11.9. The summed E-state index contributed by atoms with van der Waals surface area (Å²) >= 11 is 5.97. The van der Waals surface area contributed by atoms with Gasteiger partial charge in [-0.05, 0) is 17.7 Å². The van der Waals surface area contributed by atoms with Gasteiger partial charge in [0.25, 0.3) is 0 Å². The van der Waals surface area contributed by atoms with E-state index in [2.05, 4.69) is 15.2 Å². The quantitative estimate of drug-likeness (QED) is 0.850. The molecule has 0 amide bonds. The van der Waals surface area contributed by atoms with E-state index in [4.69, 9.17) is 21.1 Å². The van der Waals surface area contributed by atoms with Gasteiger partial charge in [-0.2, -0.15) is 5.10 Å². The van der Waals surface area contributed by atoms with Crippen LogP contribution in [-0.4, -0.2) is 26.9 Å². The van der Waals surface area contributed by atoms with Crippen LogP contribution in [0.2, 0.25) is 5.02 Å². The van der Waals surface area contributed by atoms with Crippen molar-refractivity contribution >= 4 is 17.6 Å². The number of H-pyrrole nitrogens is 1. The average Bonchev–Trinajstić information content (AvgIpc) is 3.16. The highest BCUT2D eigenvalue weighted by molar-refractivity contribution is 6.30. The predicted octanol–water partition coefficient (Wildman–Crippen LogP) is 2.99. The maximum atomic E-state index is 12.8. The van der Waals surface area contributed by atoms with E-state index in [1.54, 1.807) is 24.3 Å². The van der Waals surface area contributed by atoms with Crippen LogP contribution in [0.1, 0.15) is 38.1 Å². The molecule has 23 heavy (non-hydrogen) atoms. The Bertz CT molecular complexity index is 683. The molecule has 2 heterocycles. The number of ether oxygens (including phenoxy) is 2. The average molecular weight is 336 g/mol. The molecule has 122 valence electrons. The Morgan fingerprint density at radius 3 is 2.43 bits per heavy atom. The number of esters is 1. The first-order valence-corrected chi connectivity index (χ1v) is 7.95. The zero-order chi connectivity index (χ0) is 16.5. The van der Waals surface area contributed by atoms with Crippen LogP contribution in [-0.2, 0) is 26.3 Å². The molecular weight excluding hydrogens is 318 g/mol. The van der Waals surface area contributed by atoms with Gasteiger partial charge in [0, 0.05) is 17.9 Å². The third-order valence-electron chi connectivity index (χ3n) is 4.24. The van der Waals surface area contributed by atoms with Gasteiger partial charge in [-0.25, -0.2) is 9.78 Å². The lowest BCUT2D eigenvalue weighted by Gasteiger charge is -2.29. The summed E-state index contributed by atoms with van der Waals surface area (Å²) in [6, 6.07) is 7.02. The molecule has 1 aliphatic rings. The van der Waals surface area contributed by atoms with E-state index in [0.717, 1.165) is 0 Å². The van der Waals surface area contributed by atoms with E-state index in [9.17, 15) is 4.79 Å². The summed E-state index contributed by atoms with van der Waals surface area (Å²) in [5.41, 5.74) is -0.567. The minimum atomic E-state index is -1.25. The number of aromatic amines is 1. The second-order valence-corrected chi connectivity index (χ2v) is 5.99. The van der Waals surface area contributed by atoms with Crippen LogP contribution in [0.3, 0.4) is 0 Å². The van der Waals surface area contributed by atoms with Crippen LogP contribution in [0.5, 0.6) is 0 Å². The summed E-state index contributed by atoms with van der Waals surface area (Å²) in [4.78, 5) is 16.9. The molecule has 1 N–H and O–H groups in total. The van der Waals surface area contributed by atoms with Crippen molar-refractivity contribution in [3.63, 3.8) is 0 Å². The highest BCUT2D eigenvalue weighted by atomic mass is 35.5. The van der Waals surface area contributed by atoms with Crippen LogP contribution in [0.4, 0.5) is 0 Å². The standard InChI is InChI=1S/C16H18ClN3O3/c1-3-15(4-2)22-14(21)16(23-15,9-13-18-10-19-20-13)11-5-7-12(17)8-6-11/h5-8,10H,3-4,9H2,1-2H3,(H,18,19,20). The van der Waals surface area contributed by atoms with Crippen molar-refractivity contribution in [2.24, 2.45) is 0 Å². The second kappa shape index (κ2) is 5.94. The zero-order valence-corrected chi connectivity index (χ0v) is 13.8. The maximum absolute atomic E-state index is 12.8. The largest absolute Gasteiger partial charge is 0.431 e. The Labute approximate surface area is 139 Å². The number of nitrogens with one attached hydrogen (secondary N) is 1. The minimum Gasteiger partial charge on any atom is -0.431 e. The number of aromatic nitrogens is 3. The van der Waals surface area contributed by atoms with Crippen molar-refractivity contribution in [1.82, 2.24) is 15.2 Å². The van der Waals surface area contributed by atoms with Gasteiger partial charge < -0.3 is 9.47 Å². The molecule has 1 saturated heterocycles. The number of benzene rings is 1. The van der Waals surface area contributed by atoms with Gasteiger partial charge in [0.05, 0.1) is 6.42 Å². The molecule has 3 rings (SSSR count). The normalized spacial score (nSPS) is 23.0. The van der Waals surface area contributed by atoms with Gasteiger partial charge in [0.15, 0.2) is 0 Å². The van der Waals surface area contributed by atoms with Crippen molar-refractivity contribution in [3.05, 3.63) is 47.0 Å². The SMILES string of the molecule is CCC1(CC)OC(=O)C(Cc2ncn[nH]2)(c2ccc(Cl)cc2)O1. The molecule has 1 aromatic carbocycles. The van der Waals surface area contributed by atoms with E-state index in [1.807, 2.05) is 13.8 Å². The van der Waals surface area contributed by atoms with Crippen LogP contribution < -0.4 is 0 Å². The number of hydrogen-bond acceptors (Lipinski definition) is 5. The third kappa shape index (κ3) is 2.72. The van der Waals surface area contributed by atoms with Crippen molar-refractivity contribution in [3.8, 4) is 0 Å². The number of halogens is 1. The van der Waals surface area contributed by atoms with E-state index < -0.39 is 17.4 Å². The molecule has 0 radical (unpaired) electrons. The van der Waals surface area contributed by atoms with Crippen molar-refractivity contribution < 1.29 is 14.3 Å². The molecule has 1 unspecified atom stereocenters. The van der Waals surface area contributed by atoms with Crippen LogP contribution in [0.15, 0.2) is 30.6 Å². The van der Waals surface area contributed by atoms with Crippen LogP contribution in [0, 0.1) is 0 Å². The summed E-state index contributed by atoms with van der Waals surface area (Å²) in [5, 5.41) is 7.21. The maximum Gasteiger partial charge on any atom is 0.346 e. The fourth-order valence-electron chi connectivity index (χ4n) is 2.83. The Morgan fingerprint density at radius 2 is 1.91 bits per heavy atom. The molecule has 1 fully saturated rings. The second-order valence-electron chi connectivity index (χ2n) is 5.55. The molecule has 0 spiro atoms. The molecule has 0 aliphatic carbocycles. The first kappa shape index (κ1) is 16.0. The lowest BCUT2D eigenvalue weighted by atomic mass is 9.90. The Hall–Kier alpha value is -1.92. The minimum absolute atomic E-state index is 0.217. The predicted molar refractivity (Wildman–Crippen MR) is 83.7 cm³/mol. The van der Waals surface area contributed by atoms with Crippen molar-refractivity contribution in [2.75, 3.05) is 0 Å². The summed E-state index contributed by atoms with van der Waals surface area (Å²) in [6.07, 6.45) is 2.76. The molecule has 1 aromatic heterocycles. The lowest BCUT2D eigenvalue weighted by Crippen LogP contribution is -2.38. The van der Waals surface area contributed by atoms with Gasteiger partial charge in [0.2, 0.25) is 11.4 Å². The van der Waals surface area contributed by atoms with Gasteiger partial charge in [-0.1, -0.05) is 37.6 Å². The smallest absolute Gasteiger partial charge is 0.346 e. The molecule has 6 nitrogen and oxygen atoms in total. The number of carbonyl (C=O) groups excluding carboxylic acids is 1. The van der Waals surface area contributed by atoms with Gasteiger partial charge in [-0.3, -0.25) is 5.10 Å². The van der Waals surface area contributed by atoms with E-state index in [1.165, 1.54) is 6.33 Å². The molecule has 1 atom stereocenters. The number of cyclic esters (lactones) is 1.